The molecule has 2 heterocycles. The van der Waals surface area contributed by atoms with E-state index < -0.39 is 17.7 Å². The Balaban J connectivity index is 2.27. The number of nitrogens with zero attached hydrogens (tertiary/aromatic N) is 1. The molecule has 0 saturated heterocycles. The first-order chi connectivity index (χ1) is 15.0. The zero-order chi connectivity index (χ0) is 23.6. The van der Waals surface area contributed by atoms with Gasteiger partial charge >= 0.3 is 5.97 Å². The molecule has 0 unspecified atom stereocenters. The molecule has 7 heteroatoms. The number of hydrogen-bond donors (Lipinski definition) is 0. The van der Waals surface area contributed by atoms with Crippen molar-refractivity contribution in [2.75, 3.05) is 6.61 Å². The van der Waals surface area contributed by atoms with Gasteiger partial charge in [0.15, 0.2) is 12.4 Å². The van der Waals surface area contributed by atoms with Gasteiger partial charge in [-0.1, -0.05) is 6.07 Å². The summed E-state index contributed by atoms with van der Waals surface area (Å²) in [5, 5.41) is 0. The molecule has 172 valence electrons. The average Bonchev–Trinajstić information content (AvgIpc) is 2.71. The van der Waals surface area contributed by atoms with Crippen LogP contribution in [0.2, 0.25) is 0 Å². The van der Waals surface area contributed by atoms with Gasteiger partial charge in [0.1, 0.15) is 11.4 Å². The highest BCUT2D eigenvalue weighted by molar-refractivity contribution is 9.10. The van der Waals surface area contributed by atoms with Crippen molar-refractivity contribution in [3.8, 4) is 16.9 Å². The maximum atomic E-state index is 13.2. The molecular weight excluding hydrogens is 474 g/mol. The molecule has 0 fully saturated rings. The van der Waals surface area contributed by atoms with Crippen LogP contribution in [0.1, 0.15) is 74.5 Å². The van der Waals surface area contributed by atoms with Gasteiger partial charge in [0.2, 0.25) is 0 Å². The molecule has 0 spiro atoms. The van der Waals surface area contributed by atoms with Crippen LogP contribution in [0.15, 0.2) is 22.7 Å². The van der Waals surface area contributed by atoms with Crippen LogP contribution >= 0.6 is 15.9 Å². The summed E-state index contributed by atoms with van der Waals surface area (Å²) >= 11 is 3.57. The van der Waals surface area contributed by atoms with E-state index in [1.54, 1.807) is 20.8 Å². The minimum Gasteiger partial charge on any atom is -0.493 e. The van der Waals surface area contributed by atoms with Gasteiger partial charge in [-0.3, -0.25) is 4.79 Å². The molecule has 6 nitrogen and oxygen atoms in total. The van der Waals surface area contributed by atoms with Gasteiger partial charge < -0.3 is 14.2 Å². The number of halogens is 1. The fourth-order valence-electron chi connectivity index (χ4n) is 3.79. The first-order valence-electron chi connectivity index (χ1n) is 10.8. The van der Waals surface area contributed by atoms with Gasteiger partial charge in [-0.15, -0.1) is 0 Å². The Morgan fingerprint density at radius 1 is 1.28 bits per heavy atom. The first-order valence-corrected chi connectivity index (χ1v) is 11.6. The van der Waals surface area contributed by atoms with Crippen molar-refractivity contribution in [1.29, 1.82) is 0 Å². The van der Waals surface area contributed by atoms with Gasteiger partial charge in [-0.05, 0) is 93.6 Å². The molecule has 3 rings (SSSR count). The van der Waals surface area contributed by atoms with Gasteiger partial charge in [0.05, 0.1) is 22.8 Å². The number of rotatable bonds is 6. The fourth-order valence-corrected chi connectivity index (χ4v) is 4.41. The van der Waals surface area contributed by atoms with Crippen molar-refractivity contribution in [1.82, 2.24) is 4.98 Å². The van der Waals surface area contributed by atoms with E-state index in [-0.39, 0.29) is 11.8 Å². The molecule has 0 radical (unpaired) electrons. The number of fused-ring (bicyclic) bond motifs is 1. The number of hydrogen-bond acceptors (Lipinski definition) is 6. The molecule has 0 bridgehead atoms. The number of aromatic nitrogens is 1. The van der Waals surface area contributed by atoms with Crippen LogP contribution in [0, 0.1) is 6.92 Å². The van der Waals surface area contributed by atoms with Crippen molar-refractivity contribution in [3.63, 3.8) is 0 Å². The molecule has 2 aromatic rings. The van der Waals surface area contributed by atoms with Gasteiger partial charge in [0, 0.05) is 16.8 Å². The van der Waals surface area contributed by atoms with Crippen LogP contribution in [-0.2, 0) is 20.7 Å². The van der Waals surface area contributed by atoms with Crippen LogP contribution < -0.4 is 4.74 Å². The molecule has 1 aromatic heterocycles. The van der Waals surface area contributed by atoms with E-state index in [0.717, 1.165) is 29.7 Å². The van der Waals surface area contributed by atoms with E-state index in [0.29, 0.717) is 34.2 Å². The zero-order valence-corrected chi connectivity index (χ0v) is 21.0. The normalized spacial score (nSPS) is 14.5. The predicted molar refractivity (Wildman–Crippen MR) is 126 cm³/mol. The van der Waals surface area contributed by atoms with E-state index in [1.807, 2.05) is 39.0 Å². The number of carbonyl (C=O) groups is 2. The SMILES string of the molecule is Cc1nc(C=O)c(Br)c(-c2ccc3c(c2)CCCO3)c1[C@H](OC(C)(C)C)C(=O)OC(C)C. The Hall–Kier alpha value is -2.25. The predicted octanol–water partition coefficient (Wildman–Crippen LogP) is 5.76. The molecule has 0 saturated carbocycles. The Labute approximate surface area is 197 Å². The maximum Gasteiger partial charge on any atom is 0.340 e. The van der Waals surface area contributed by atoms with E-state index in [9.17, 15) is 9.59 Å². The molecule has 0 aliphatic carbocycles. The fraction of sp³-hybridized carbons (Fsp3) is 0.480. The number of benzene rings is 1. The van der Waals surface area contributed by atoms with Gasteiger partial charge in [-0.25, -0.2) is 9.78 Å². The molecule has 1 aliphatic heterocycles. The summed E-state index contributed by atoms with van der Waals surface area (Å²) < 4.78 is 18.0. The quantitative estimate of drug-likeness (QED) is 0.368. The molecule has 1 aliphatic rings. The van der Waals surface area contributed by atoms with Gasteiger partial charge in [0.25, 0.3) is 0 Å². The molecule has 0 amide bonds. The van der Waals surface area contributed by atoms with Crippen LogP contribution in [-0.4, -0.2) is 35.6 Å². The average molecular weight is 504 g/mol. The summed E-state index contributed by atoms with van der Waals surface area (Å²) in [7, 11) is 0. The van der Waals surface area contributed by atoms with Crippen molar-refractivity contribution >= 4 is 28.2 Å². The lowest BCUT2D eigenvalue weighted by molar-refractivity contribution is -0.171. The number of carbonyl (C=O) groups excluding carboxylic acids is 2. The van der Waals surface area contributed by atoms with Gasteiger partial charge in [-0.2, -0.15) is 0 Å². The molecule has 1 aromatic carbocycles. The third kappa shape index (κ3) is 5.38. The smallest absolute Gasteiger partial charge is 0.340 e. The zero-order valence-electron chi connectivity index (χ0n) is 19.5. The van der Waals surface area contributed by atoms with Crippen LogP contribution in [0.5, 0.6) is 5.75 Å². The number of aldehydes is 1. The Morgan fingerprint density at radius 2 is 2.00 bits per heavy atom. The highest BCUT2D eigenvalue weighted by Crippen LogP contribution is 2.42. The second kappa shape index (κ2) is 9.71. The first kappa shape index (κ1) is 24.4. The minimum atomic E-state index is -1.01. The van der Waals surface area contributed by atoms with E-state index >= 15 is 0 Å². The van der Waals surface area contributed by atoms with Crippen molar-refractivity contribution < 1.29 is 23.8 Å². The topological polar surface area (TPSA) is 74.7 Å². The van der Waals surface area contributed by atoms with Crippen molar-refractivity contribution in [2.24, 2.45) is 0 Å². The lowest BCUT2D eigenvalue weighted by Gasteiger charge is -2.30. The minimum absolute atomic E-state index is 0.266. The van der Waals surface area contributed by atoms with Crippen LogP contribution in [0.4, 0.5) is 0 Å². The number of esters is 1. The van der Waals surface area contributed by atoms with E-state index in [1.165, 1.54) is 0 Å². The lowest BCUT2D eigenvalue weighted by atomic mass is 9.91. The van der Waals surface area contributed by atoms with E-state index in [2.05, 4.69) is 20.9 Å². The molecule has 0 N–H and O–H groups in total. The summed E-state index contributed by atoms with van der Waals surface area (Å²) in [4.78, 5) is 29.4. The summed E-state index contributed by atoms with van der Waals surface area (Å²) in [6, 6.07) is 5.92. The molecule has 1 atom stereocenters. The van der Waals surface area contributed by atoms with E-state index in [4.69, 9.17) is 14.2 Å². The summed E-state index contributed by atoms with van der Waals surface area (Å²) in [5.74, 6) is 0.369. The number of ether oxygens (including phenoxy) is 3. The second-order valence-electron chi connectivity index (χ2n) is 9.17. The van der Waals surface area contributed by atoms with Crippen LogP contribution in [0.3, 0.4) is 0 Å². The number of aryl methyl sites for hydroxylation is 2. The molecular formula is C25H30BrNO5. The summed E-state index contributed by atoms with van der Waals surface area (Å²) in [6.07, 6.45) is 1.24. The van der Waals surface area contributed by atoms with Crippen LogP contribution in [0.25, 0.3) is 11.1 Å². The second-order valence-corrected chi connectivity index (χ2v) is 9.97. The highest BCUT2D eigenvalue weighted by Gasteiger charge is 2.35. The highest BCUT2D eigenvalue weighted by atomic mass is 79.9. The molecule has 32 heavy (non-hydrogen) atoms. The lowest BCUT2D eigenvalue weighted by Crippen LogP contribution is -2.31. The largest absolute Gasteiger partial charge is 0.493 e. The van der Waals surface area contributed by atoms with Crippen molar-refractivity contribution in [2.45, 2.75) is 72.2 Å². The Kier molecular flexibility index (Phi) is 7.40. The monoisotopic (exact) mass is 503 g/mol. The van der Waals surface area contributed by atoms with Crippen molar-refractivity contribution in [3.05, 3.63) is 45.2 Å². The Bertz CT molecular complexity index is 1030. The number of pyridine rings is 1. The summed E-state index contributed by atoms with van der Waals surface area (Å²) in [6.45, 7) is 11.7. The third-order valence-electron chi connectivity index (χ3n) is 5.00. The third-order valence-corrected chi connectivity index (χ3v) is 5.80. The Morgan fingerprint density at radius 3 is 2.62 bits per heavy atom. The maximum absolute atomic E-state index is 13.2. The summed E-state index contributed by atoms with van der Waals surface area (Å²) in [5.41, 5.74) is 3.40. The standard InChI is InChI=1S/C25H30BrNO5/c1-14(2)31-24(29)23(32-25(4,5)6)20-15(3)27-18(13-28)22(26)21(20)17-9-10-19-16(12-17)8-7-11-30-19/h9-10,12-14,23H,7-8,11H2,1-6H3/t23-/m0/s1.